The Morgan fingerprint density at radius 3 is 2.36 bits per heavy atom. The van der Waals surface area contributed by atoms with Gasteiger partial charge in [-0.2, -0.15) is 5.26 Å². The van der Waals surface area contributed by atoms with Crippen LogP contribution in [0, 0.1) is 11.3 Å². The van der Waals surface area contributed by atoms with Gasteiger partial charge in [0.15, 0.2) is 12.4 Å². The van der Waals surface area contributed by atoms with Crippen LogP contribution in [0.1, 0.15) is 31.8 Å². The molecule has 6 nitrogen and oxygen atoms in total. The number of hydrogen-bond acceptors (Lipinski definition) is 6. The molecule has 0 bridgehead atoms. The topological polar surface area (TPSA) is 96.3 Å². The third-order valence-corrected chi connectivity index (χ3v) is 4.63. The van der Waals surface area contributed by atoms with E-state index >= 15 is 0 Å². The minimum absolute atomic E-state index is 0.0815. The standard InChI is InChI=1S/C21H14N2O4S/c22-12-15-10-11-28-20(15)23-18(24)13-27-21(26)17-9-5-4-8-16(17)19(25)14-6-2-1-3-7-14/h1-11H,13H2,(H,23,24). The van der Waals surface area contributed by atoms with Gasteiger partial charge in [0.2, 0.25) is 0 Å². The van der Waals surface area contributed by atoms with Gasteiger partial charge in [-0.3, -0.25) is 9.59 Å². The maximum atomic E-state index is 12.7. The molecule has 0 unspecified atom stereocenters. The van der Waals surface area contributed by atoms with Gasteiger partial charge in [-0.15, -0.1) is 11.3 Å². The summed E-state index contributed by atoms with van der Waals surface area (Å²) in [7, 11) is 0. The van der Waals surface area contributed by atoms with E-state index in [1.807, 2.05) is 6.07 Å². The molecule has 1 aromatic heterocycles. The number of thiophene rings is 1. The molecule has 0 fully saturated rings. The highest BCUT2D eigenvalue weighted by molar-refractivity contribution is 7.14. The van der Waals surface area contributed by atoms with Crippen molar-refractivity contribution in [2.45, 2.75) is 0 Å². The molecule has 138 valence electrons. The molecule has 0 saturated heterocycles. The number of esters is 1. The lowest BCUT2D eigenvalue weighted by Gasteiger charge is -2.09. The number of carbonyl (C=O) groups excluding carboxylic acids is 3. The first kappa shape index (κ1) is 19.0. The van der Waals surface area contributed by atoms with Crippen molar-refractivity contribution in [3.05, 3.63) is 88.3 Å². The van der Waals surface area contributed by atoms with Gasteiger partial charge >= 0.3 is 5.97 Å². The van der Waals surface area contributed by atoms with E-state index in [0.717, 1.165) is 0 Å². The first-order valence-corrected chi connectivity index (χ1v) is 9.11. The molecule has 0 atom stereocenters. The lowest BCUT2D eigenvalue weighted by molar-refractivity contribution is -0.119. The second kappa shape index (κ2) is 8.75. The summed E-state index contributed by atoms with van der Waals surface area (Å²) in [5.74, 6) is -1.66. The number of nitriles is 1. The molecule has 7 heteroatoms. The fraction of sp³-hybridized carbons (Fsp3) is 0.0476. The summed E-state index contributed by atoms with van der Waals surface area (Å²) in [6.45, 7) is -0.532. The zero-order valence-electron chi connectivity index (χ0n) is 14.5. The quantitative estimate of drug-likeness (QED) is 0.512. The number of anilines is 1. The number of ketones is 1. The SMILES string of the molecule is N#Cc1ccsc1NC(=O)COC(=O)c1ccccc1C(=O)c1ccccc1. The van der Waals surface area contributed by atoms with Gasteiger partial charge in [0.1, 0.15) is 11.1 Å². The van der Waals surface area contributed by atoms with E-state index in [2.05, 4.69) is 5.32 Å². The average Bonchev–Trinajstić information content (AvgIpc) is 3.19. The van der Waals surface area contributed by atoms with E-state index < -0.39 is 18.5 Å². The minimum atomic E-state index is -0.776. The van der Waals surface area contributed by atoms with Crippen LogP contribution in [-0.2, 0) is 9.53 Å². The molecule has 3 rings (SSSR count). The first-order chi connectivity index (χ1) is 13.6. The zero-order chi connectivity index (χ0) is 19.9. The molecular formula is C21H14N2O4S. The lowest BCUT2D eigenvalue weighted by atomic mass is 9.98. The Morgan fingerprint density at radius 1 is 0.964 bits per heavy atom. The molecule has 0 aliphatic rings. The lowest BCUT2D eigenvalue weighted by Crippen LogP contribution is -2.22. The monoisotopic (exact) mass is 390 g/mol. The number of ether oxygens (including phenoxy) is 1. The Balaban J connectivity index is 1.69. The molecule has 0 saturated carbocycles. The van der Waals surface area contributed by atoms with Crippen LogP contribution in [0.25, 0.3) is 0 Å². The van der Waals surface area contributed by atoms with Gasteiger partial charge in [-0.1, -0.05) is 48.5 Å². The van der Waals surface area contributed by atoms with E-state index in [1.54, 1.807) is 53.9 Å². The van der Waals surface area contributed by atoms with Crippen LogP contribution in [0.4, 0.5) is 5.00 Å². The van der Waals surface area contributed by atoms with Crippen molar-refractivity contribution in [2.75, 3.05) is 11.9 Å². The molecule has 1 N–H and O–H groups in total. The fourth-order valence-electron chi connectivity index (χ4n) is 2.47. The number of hydrogen-bond donors (Lipinski definition) is 1. The minimum Gasteiger partial charge on any atom is -0.452 e. The number of nitrogens with zero attached hydrogens (tertiary/aromatic N) is 1. The summed E-state index contributed by atoms with van der Waals surface area (Å²) in [5.41, 5.74) is 1.06. The Kier molecular flexibility index (Phi) is 5.94. The van der Waals surface area contributed by atoms with Gasteiger partial charge in [-0.05, 0) is 17.5 Å². The number of rotatable bonds is 6. The predicted octanol–water partition coefficient (Wildman–Crippen LogP) is 3.65. The molecule has 0 aliphatic carbocycles. The van der Waals surface area contributed by atoms with Crippen LogP contribution in [-0.4, -0.2) is 24.3 Å². The maximum Gasteiger partial charge on any atom is 0.339 e. The summed E-state index contributed by atoms with van der Waals surface area (Å²) in [6, 6.07) is 18.4. The van der Waals surface area contributed by atoms with Crippen LogP contribution in [0.5, 0.6) is 0 Å². The van der Waals surface area contributed by atoms with E-state index in [9.17, 15) is 14.4 Å². The molecule has 3 aromatic rings. The summed E-state index contributed by atoms with van der Waals surface area (Å²) >= 11 is 1.20. The predicted molar refractivity (Wildman–Crippen MR) is 104 cm³/mol. The number of nitrogens with one attached hydrogen (secondary N) is 1. The van der Waals surface area contributed by atoms with Crippen molar-refractivity contribution in [2.24, 2.45) is 0 Å². The molecule has 28 heavy (non-hydrogen) atoms. The highest BCUT2D eigenvalue weighted by Crippen LogP contribution is 2.22. The highest BCUT2D eigenvalue weighted by atomic mass is 32.1. The second-order valence-electron chi connectivity index (χ2n) is 5.64. The normalized spacial score (nSPS) is 9.96. The van der Waals surface area contributed by atoms with Gasteiger partial charge < -0.3 is 10.1 Å². The smallest absolute Gasteiger partial charge is 0.339 e. The maximum absolute atomic E-state index is 12.7. The zero-order valence-corrected chi connectivity index (χ0v) is 15.4. The third-order valence-electron chi connectivity index (χ3n) is 3.80. The molecule has 1 heterocycles. The van der Waals surface area contributed by atoms with E-state index in [1.165, 1.54) is 23.5 Å². The van der Waals surface area contributed by atoms with E-state index in [0.29, 0.717) is 16.1 Å². The Hall–Kier alpha value is -3.76. The van der Waals surface area contributed by atoms with Crippen LogP contribution in [0.3, 0.4) is 0 Å². The van der Waals surface area contributed by atoms with Crippen LogP contribution >= 0.6 is 11.3 Å². The van der Waals surface area contributed by atoms with Crippen molar-refractivity contribution in [3.8, 4) is 6.07 Å². The Morgan fingerprint density at radius 2 is 1.64 bits per heavy atom. The van der Waals surface area contributed by atoms with Crippen LogP contribution in [0.2, 0.25) is 0 Å². The molecule has 0 aliphatic heterocycles. The number of benzene rings is 2. The van der Waals surface area contributed by atoms with Crippen molar-refractivity contribution in [1.29, 1.82) is 5.26 Å². The molecular weight excluding hydrogens is 376 g/mol. The van der Waals surface area contributed by atoms with Gasteiger partial charge in [-0.25, -0.2) is 4.79 Å². The van der Waals surface area contributed by atoms with Gasteiger partial charge in [0.05, 0.1) is 11.1 Å². The average molecular weight is 390 g/mol. The number of amides is 1. The molecule has 2 aromatic carbocycles. The van der Waals surface area contributed by atoms with E-state index in [-0.39, 0.29) is 16.9 Å². The van der Waals surface area contributed by atoms with Gasteiger partial charge in [0.25, 0.3) is 5.91 Å². The summed E-state index contributed by atoms with van der Waals surface area (Å²) in [6.07, 6.45) is 0. The van der Waals surface area contributed by atoms with Crippen molar-refractivity contribution >= 4 is 34.0 Å². The largest absolute Gasteiger partial charge is 0.452 e. The summed E-state index contributed by atoms with van der Waals surface area (Å²) in [4.78, 5) is 37.1. The first-order valence-electron chi connectivity index (χ1n) is 8.23. The molecule has 1 amide bonds. The molecule has 0 spiro atoms. The summed E-state index contributed by atoms with van der Waals surface area (Å²) < 4.78 is 5.06. The van der Waals surface area contributed by atoms with Gasteiger partial charge in [0, 0.05) is 11.1 Å². The van der Waals surface area contributed by atoms with Crippen LogP contribution in [0.15, 0.2) is 66.0 Å². The van der Waals surface area contributed by atoms with Crippen molar-refractivity contribution in [1.82, 2.24) is 0 Å². The van der Waals surface area contributed by atoms with Crippen molar-refractivity contribution in [3.63, 3.8) is 0 Å². The number of carbonyl (C=O) groups is 3. The van der Waals surface area contributed by atoms with Crippen molar-refractivity contribution < 1.29 is 19.1 Å². The summed E-state index contributed by atoms with van der Waals surface area (Å²) in [5, 5.41) is 13.5. The second-order valence-corrected chi connectivity index (χ2v) is 6.56. The fourth-order valence-corrected chi connectivity index (χ4v) is 3.22. The Bertz CT molecular complexity index is 1070. The molecule has 0 radical (unpaired) electrons. The van der Waals surface area contributed by atoms with E-state index in [4.69, 9.17) is 10.00 Å². The third kappa shape index (κ3) is 4.31. The Labute approximate surface area is 165 Å². The van der Waals surface area contributed by atoms with Crippen LogP contribution < -0.4 is 5.32 Å². The highest BCUT2D eigenvalue weighted by Gasteiger charge is 2.20.